The molecule has 92 valence electrons. The van der Waals surface area contributed by atoms with Gasteiger partial charge in [-0.1, -0.05) is 12.8 Å². The Balaban J connectivity index is 1.43. The molecule has 0 aromatic carbocycles. The highest BCUT2D eigenvalue weighted by molar-refractivity contribution is 4.96. The molecular weight excluding hydrogens is 198 g/mol. The van der Waals surface area contributed by atoms with E-state index in [0.717, 1.165) is 24.4 Å². The van der Waals surface area contributed by atoms with Crippen molar-refractivity contribution in [2.45, 2.75) is 57.4 Å². The van der Waals surface area contributed by atoms with Crippen molar-refractivity contribution in [3.8, 4) is 0 Å². The molecule has 0 saturated heterocycles. The number of hydrogen-bond donors (Lipinski definition) is 2. The first kappa shape index (κ1) is 11.0. The molecule has 0 aromatic heterocycles. The Kier molecular flexibility index (Phi) is 2.97. The van der Waals surface area contributed by atoms with Crippen LogP contribution in [0.3, 0.4) is 0 Å². The van der Waals surface area contributed by atoms with Crippen molar-refractivity contribution < 1.29 is 5.11 Å². The van der Waals surface area contributed by atoms with Gasteiger partial charge >= 0.3 is 0 Å². The molecule has 0 aliphatic heterocycles. The molecule has 0 bridgehead atoms. The fraction of sp³-hybridized carbons (Fsp3) is 1.00. The second-order valence-electron chi connectivity index (χ2n) is 6.50. The number of hydrogen-bond acceptors (Lipinski definition) is 2. The molecule has 3 aliphatic carbocycles. The zero-order valence-electron chi connectivity index (χ0n) is 10.3. The van der Waals surface area contributed by atoms with Gasteiger partial charge in [0.25, 0.3) is 0 Å². The van der Waals surface area contributed by atoms with Crippen LogP contribution in [-0.4, -0.2) is 24.3 Å². The summed E-state index contributed by atoms with van der Waals surface area (Å²) in [5.41, 5.74) is 0.284. The molecule has 2 unspecified atom stereocenters. The van der Waals surface area contributed by atoms with Gasteiger partial charge in [0.15, 0.2) is 0 Å². The van der Waals surface area contributed by atoms with Gasteiger partial charge in [0.05, 0.1) is 0 Å². The first-order chi connectivity index (χ1) is 7.81. The topological polar surface area (TPSA) is 32.3 Å². The van der Waals surface area contributed by atoms with E-state index < -0.39 is 0 Å². The lowest BCUT2D eigenvalue weighted by molar-refractivity contribution is 0.191. The lowest BCUT2D eigenvalue weighted by atomic mass is 9.82. The maximum atomic E-state index is 9.30. The number of rotatable bonds is 5. The molecule has 2 nitrogen and oxygen atoms in total. The van der Waals surface area contributed by atoms with Gasteiger partial charge in [0.1, 0.15) is 0 Å². The zero-order chi connectivity index (χ0) is 11.0. The molecule has 0 radical (unpaired) electrons. The number of aliphatic hydroxyl groups is 1. The fourth-order valence-electron chi connectivity index (χ4n) is 3.34. The summed E-state index contributed by atoms with van der Waals surface area (Å²) >= 11 is 0. The summed E-state index contributed by atoms with van der Waals surface area (Å²) in [7, 11) is 0. The summed E-state index contributed by atoms with van der Waals surface area (Å²) in [4.78, 5) is 0. The van der Waals surface area contributed by atoms with Crippen LogP contribution < -0.4 is 5.32 Å². The van der Waals surface area contributed by atoms with Crippen molar-refractivity contribution in [2.24, 2.45) is 17.3 Å². The maximum absolute atomic E-state index is 9.30. The van der Waals surface area contributed by atoms with Crippen molar-refractivity contribution in [2.75, 3.05) is 13.2 Å². The summed E-state index contributed by atoms with van der Waals surface area (Å²) in [6.45, 7) is 1.45. The Hall–Kier alpha value is -0.0800. The quantitative estimate of drug-likeness (QED) is 0.749. The molecule has 0 amide bonds. The largest absolute Gasteiger partial charge is 0.396 e. The first-order valence-corrected chi connectivity index (χ1v) is 7.16. The number of nitrogens with one attached hydrogen (secondary N) is 1. The van der Waals surface area contributed by atoms with Crippen molar-refractivity contribution in [1.82, 2.24) is 5.32 Å². The lowest BCUT2D eigenvalue weighted by Gasteiger charge is -2.31. The van der Waals surface area contributed by atoms with Gasteiger partial charge in [0, 0.05) is 24.6 Å². The van der Waals surface area contributed by atoms with Crippen molar-refractivity contribution in [1.29, 1.82) is 0 Å². The van der Waals surface area contributed by atoms with Gasteiger partial charge in [-0.15, -0.1) is 0 Å². The molecule has 3 fully saturated rings. The molecule has 0 spiro atoms. The molecule has 2 atom stereocenters. The first-order valence-electron chi connectivity index (χ1n) is 7.16. The molecular formula is C14H25NO. The summed E-state index contributed by atoms with van der Waals surface area (Å²) in [5.74, 6) is 2.10. The Morgan fingerprint density at radius 3 is 2.50 bits per heavy atom. The van der Waals surface area contributed by atoms with E-state index in [-0.39, 0.29) is 5.41 Å². The Bertz CT molecular complexity index is 245. The summed E-state index contributed by atoms with van der Waals surface area (Å²) in [6, 6.07) is 0.753. The average Bonchev–Trinajstić information content (AvgIpc) is 3.20. The average molecular weight is 223 g/mol. The SMILES string of the molecule is OCC1(CNC2CCCC(C3CC3)C2)CC1. The van der Waals surface area contributed by atoms with Crippen molar-refractivity contribution in [3.05, 3.63) is 0 Å². The lowest BCUT2D eigenvalue weighted by Crippen LogP contribution is -2.39. The minimum absolute atomic E-state index is 0.284. The smallest absolute Gasteiger partial charge is 0.0499 e. The van der Waals surface area contributed by atoms with Crippen LogP contribution in [0.1, 0.15) is 51.4 Å². The normalized spacial score (nSPS) is 37.3. The van der Waals surface area contributed by atoms with E-state index in [0.29, 0.717) is 6.61 Å². The second-order valence-corrected chi connectivity index (χ2v) is 6.50. The predicted octanol–water partition coefficient (Wildman–Crippen LogP) is 2.32. The maximum Gasteiger partial charge on any atom is 0.0499 e. The van der Waals surface area contributed by atoms with Crippen molar-refractivity contribution >= 4 is 0 Å². The van der Waals surface area contributed by atoms with E-state index in [1.54, 1.807) is 0 Å². The Morgan fingerprint density at radius 2 is 1.88 bits per heavy atom. The van der Waals surface area contributed by atoms with E-state index in [1.165, 1.54) is 51.4 Å². The van der Waals surface area contributed by atoms with Crippen LogP contribution in [0.4, 0.5) is 0 Å². The summed E-state index contributed by atoms with van der Waals surface area (Å²) in [5, 5.41) is 13.0. The second kappa shape index (κ2) is 4.30. The monoisotopic (exact) mass is 223 g/mol. The highest BCUT2D eigenvalue weighted by Gasteiger charge is 2.42. The van der Waals surface area contributed by atoms with Crippen LogP contribution in [0.5, 0.6) is 0 Å². The van der Waals surface area contributed by atoms with E-state index in [2.05, 4.69) is 5.32 Å². The van der Waals surface area contributed by atoms with Gasteiger partial charge in [-0.05, 0) is 50.4 Å². The minimum atomic E-state index is 0.284. The van der Waals surface area contributed by atoms with Crippen LogP contribution in [0.25, 0.3) is 0 Å². The minimum Gasteiger partial charge on any atom is -0.396 e. The third-order valence-corrected chi connectivity index (χ3v) is 5.06. The standard InChI is InChI=1S/C14H25NO/c16-10-14(6-7-14)9-15-13-3-1-2-12(8-13)11-4-5-11/h11-13,15-16H,1-10H2. The van der Waals surface area contributed by atoms with Gasteiger partial charge in [0.2, 0.25) is 0 Å². The summed E-state index contributed by atoms with van der Waals surface area (Å²) in [6.07, 6.45) is 11.1. The third-order valence-electron chi connectivity index (χ3n) is 5.06. The highest BCUT2D eigenvalue weighted by atomic mass is 16.3. The molecule has 0 aromatic rings. The molecule has 2 heteroatoms. The molecule has 3 saturated carbocycles. The van der Waals surface area contributed by atoms with E-state index in [1.807, 2.05) is 0 Å². The van der Waals surface area contributed by atoms with Crippen LogP contribution >= 0.6 is 0 Å². The molecule has 2 N–H and O–H groups in total. The van der Waals surface area contributed by atoms with Crippen molar-refractivity contribution in [3.63, 3.8) is 0 Å². The fourth-order valence-corrected chi connectivity index (χ4v) is 3.34. The van der Waals surface area contributed by atoms with E-state index in [9.17, 15) is 5.11 Å². The summed E-state index contributed by atoms with van der Waals surface area (Å²) < 4.78 is 0. The highest BCUT2D eigenvalue weighted by Crippen LogP contribution is 2.46. The molecule has 16 heavy (non-hydrogen) atoms. The molecule has 3 aliphatic rings. The van der Waals surface area contributed by atoms with Gasteiger partial charge in [-0.25, -0.2) is 0 Å². The number of aliphatic hydroxyl groups excluding tert-OH is 1. The molecule has 0 heterocycles. The van der Waals surface area contributed by atoms with E-state index in [4.69, 9.17) is 0 Å². The predicted molar refractivity (Wildman–Crippen MR) is 65.2 cm³/mol. The van der Waals surface area contributed by atoms with Gasteiger partial charge in [-0.2, -0.15) is 0 Å². The van der Waals surface area contributed by atoms with Gasteiger partial charge < -0.3 is 10.4 Å². The van der Waals surface area contributed by atoms with Crippen LogP contribution in [0.2, 0.25) is 0 Å². The van der Waals surface area contributed by atoms with Crippen LogP contribution in [0.15, 0.2) is 0 Å². The van der Waals surface area contributed by atoms with Crippen LogP contribution in [0, 0.1) is 17.3 Å². The van der Waals surface area contributed by atoms with E-state index >= 15 is 0 Å². The van der Waals surface area contributed by atoms with Crippen LogP contribution in [-0.2, 0) is 0 Å². The third kappa shape index (κ3) is 2.43. The zero-order valence-corrected chi connectivity index (χ0v) is 10.3. The Labute approximate surface area is 98.8 Å². The Morgan fingerprint density at radius 1 is 1.06 bits per heavy atom. The molecule has 3 rings (SSSR count). The van der Waals surface area contributed by atoms with Gasteiger partial charge in [-0.3, -0.25) is 0 Å².